The second-order valence-electron chi connectivity index (χ2n) is 3.09. The molecule has 0 fully saturated rings. The molecule has 2 nitrogen and oxygen atoms in total. The molecule has 0 saturated carbocycles. The van der Waals surface area contributed by atoms with Crippen LogP contribution < -0.4 is 10.2 Å². The van der Waals surface area contributed by atoms with Gasteiger partial charge in [0.2, 0.25) is 0 Å². The number of rotatable bonds is 3. The molecule has 0 aliphatic carbocycles. The van der Waals surface area contributed by atoms with Crippen LogP contribution in [0.5, 0.6) is 5.75 Å². The fraction of sp³-hybridized carbons (Fsp3) is 0.222. The van der Waals surface area contributed by atoms with Crippen LogP contribution in [0.4, 0.5) is 12.9 Å². The third kappa shape index (κ3) is 2.52. The maximum Gasteiger partial charge on any atom is 0.509 e. The molecule has 0 bridgehead atoms. The molecule has 0 aromatic heterocycles. The summed E-state index contributed by atoms with van der Waals surface area (Å²) >= 11 is 0. The molecule has 0 amide bonds. The number of methoxy groups -OCH3 is 1. The van der Waals surface area contributed by atoms with E-state index in [1.54, 1.807) is 0 Å². The summed E-state index contributed by atoms with van der Waals surface area (Å²) in [5.74, 6) is -0.368. The molecular formula is C9H9BF3O2-. The van der Waals surface area contributed by atoms with E-state index in [1.807, 2.05) is 0 Å². The number of Topliss-reactive ketones (excluding diaryl/α,β-unsaturated/α-hetero) is 1. The first kappa shape index (κ1) is 11.6. The average molecular weight is 217 g/mol. The minimum Gasteiger partial charge on any atom is -0.496 e. The number of ether oxygens (including phenoxy) is 1. The normalized spacial score (nSPS) is 11.3. The van der Waals surface area contributed by atoms with Crippen molar-refractivity contribution in [2.75, 3.05) is 7.11 Å². The van der Waals surface area contributed by atoms with Gasteiger partial charge < -0.3 is 17.7 Å². The molecule has 0 heterocycles. The molecule has 0 atom stereocenters. The number of benzene rings is 1. The van der Waals surface area contributed by atoms with E-state index in [0.717, 1.165) is 18.2 Å². The summed E-state index contributed by atoms with van der Waals surface area (Å²) in [4.78, 5) is 11.0. The average Bonchev–Trinajstić information content (AvgIpc) is 2.15. The number of carbonyl (C=O) groups excluding carboxylic acids is 1. The van der Waals surface area contributed by atoms with E-state index < -0.39 is 12.4 Å². The van der Waals surface area contributed by atoms with E-state index in [9.17, 15) is 17.7 Å². The highest BCUT2D eigenvalue weighted by atomic mass is 19.4. The minimum absolute atomic E-state index is 0.0424. The highest BCUT2D eigenvalue weighted by Crippen LogP contribution is 2.20. The van der Waals surface area contributed by atoms with Crippen molar-refractivity contribution in [3.05, 3.63) is 23.8 Å². The van der Waals surface area contributed by atoms with E-state index in [2.05, 4.69) is 0 Å². The zero-order valence-corrected chi connectivity index (χ0v) is 8.26. The number of hydrogen-bond acceptors (Lipinski definition) is 2. The largest absolute Gasteiger partial charge is 0.509 e. The first-order valence-corrected chi connectivity index (χ1v) is 4.25. The lowest BCUT2D eigenvalue weighted by Gasteiger charge is -2.16. The van der Waals surface area contributed by atoms with Crippen molar-refractivity contribution < 1.29 is 22.5 Å². The van der Waals surface area contributed by atoms with Crippen molar-refractivity contribution in [2.45, 2.75) is 6.92 Å². The van der Waals surface area contributed by atoms with E-state index in [4.69, 9.17) is 4.74 Å². The van der Waals surface area contributed by atoms with Gasteiger partial charge in [-0.05, 0) is 13.0 Å². The van der Waals surface area contributed by atoms with Crippen LogP contribution in [-0.2, 0) is 0 Å². The Morgan fingerprint density at radius 2 is 1.93 bits per heavy atom. The fourth-order valence-corrected chi connectivity index (χ4v) is 1.20. The summed E-state index contributed by atoms with van der Waals surface area (Å²) in [6.07, 6.45) is 0. The Kier molecular flexibility index (Phi) is 3.07. The van der Waals surface area contributed by atoms with Crippen molar-refractivity contribution in [2.24, 2.45) is 0 Å². The van der Waals surface area contributed by atoms with E-state index in [0.29, 0.717) is 0 Å². The molecule has 1 aromatic carbocycles. The van der Waals surface area contributed by atoms with Gasteiger partial charge in [0, 0.05) is 0 Å². The molecule has 1 aromatic rings. The zero-order valence-electron chi connectivity index (χ0n) is 8.26. The van der Waals surface area contributed by atoms with Crippen LogP contribution in [0.3, 0.4) is 0 Å². The van der Waals surface area contributed by atoms with Gasteiger partial charge in [0.05, 0.1) is 12.7 Å². The quantitative estimate of drug-likeness (QED) is 0.571. The van der Waals surface area contributed by atoms with E-state index in [1.165, 1.54) is 14.0 Å². The third-order valence-electron chi connectivity index (χ3n) is 1.98. The predicted octanol–water partition coefficient (Wildman–Crippen LogP) is 1.95. The van der Waals surface area contributed by atoms with Gasteiger partial charge in [-0.3, -0.25) is 4.79 Å². The zero-order chi connectivity index (χ0) is 11.6. The summed E-state index contributed by atoms with van der Waals surface area (Å²) in [5.41, 5.74) is -0.613. The number of halogens is 3. The predicted molar refractivity (Wildman–Crippen MR) is 51.7 cm³/mol. The second-order valence-corrected chi connectivity index (χ2v) is 3.09. The molecule has 6 heteroatoms. The Labute approximate surface area is 85.1 Å². The molecule has 15 heavy (non-hydrogen) atoms. The highest BCUT2D eigenvalue weighted by Gasteiger charge is 2.26. The fourth-order valence-electron chi connectivity index (χ4n) is 1.20. The van der Waals surface area contributed by atoms with Crippen LogP contribution in [-0.4, -0.2) is 19.9 Å². The lowest BCUT2D eigenvalue weighted by Crippen LogP contribution is -2.34. The van der Waals surface area contributed by atoms with Gasteiger partial charge in [-0.15, -0.1) is 5.46 Å². The Morgan fingerprint density at radius 1 is 1.33 bits per heavy atom. The van der Waals surface area contributed by atoms with Gasteiger partial charge in [0.15, 0.2) is 5.78 Å². The van der Waals surface area contributed by atoms with Gasteiger partial charge in [-0.25, -0.2) is 0 Å². The monoisotopic (exact) mass is 217 g/mol. The second kappa shape index (κ2) is 3.96. The molecular weight excluding hydrogens is 208 g/mol. The standard InChI is InChI=1S/C9H9BF3O2/c1-6(14)8-4-3-7(10(11,12)13)5-9(8)15-2/h3-5H,1-2H3/q-1. The Balaban J connectivity index is 3.25. The lowest BCUT2D eigenvalue weighted by atomic mass is 9.79. The summed E-state index contributed by atoms with van der Waals surface area (Å²) < 4.78 is 41.8. The molecule has 0 unspecified atom stereocenters. The van der Waals surface area contributed by atoms with Crippen LogP contribution in [0.1, 0.15) is 17.3 Å². The van der Waals surface area contributed by atoms with Crippen LogP contribution in [0.15, 0.2) is 18.2 Å². The maximum absolute atomic E-state index is 12.4. The smallest absolute Gasteiger partial charge is 0.496 e. The molecule has 1 rings (SSSR count). The highest BCUT2D eigenvalue weighted by molar-refractivity contribution is 6.73. The van der Waals surface area contributed by atoms with Gasteiger partial charge in [-0.1, -0.05) is 12.1 Å². The van der Waals surface area contributed by atoms with Gasteiger partial charge in [0.25, 0.3) is 0 Å². The van der Waals surface area contributed by atoms with Crippen LogP contribution >= 0.6 is 0 Å². The summed E-state index contributed by atoms with van der Waals surface area (Å²) in [5, 5.41) is 0. The van der Waals surface area contributed by atoms with Crippen molar-refractivity contribution in [1.82, 2.24) is 0 Å². The molecule has 0 radical (unpaired) electrons. The Bertz CT molecular complexity index is 387. The SMILES string of the molecule is COc1cc([B-](F)(F)F)ccc1C(C)=O. The maximum atomic E-state index is 12.4. The lowest BCUT2D eigenvalue weighted by molar-refractivity contribution is 0.101. The molecule has 0 saturated heterocycles. The molecule has 82 valence electrons. The van der Waals surface area contributed by atoms with E-state index in [-0.39, 0.29) is 17.1 Å². The van der Waals surface area contributed by atoms with Crippen molar-refractivity contribution in [3.8, 4) is 5.75 Å². The van der Waals surface area contributed by atoms with Crippen molar-refractivity contribution in [1.29, 1.82) is 0 Å². The Morgan fingerprint density at radius 3 is 2.33 bits per heavy atom. The molecule has 0 aliphatic rings. The van der Waals surface area contributed by atoms with Crippen LogP contribution in [0.2, 0.25) is 0 Å². The topological polar surface area (TPSA) is 26.3 Å². The van der Waals surface area contributed by atoms with Crippen molar-refractivity contribution in [3.63, 3.8) is 0 Å². The summed E-state index contributed by atoms with van der Waals surface area (Å²) in [6, 6.07) is 2.86. The van der Waals surface area contributed by atoms with Gasteiger partial charge >= 0.3 is 6.98 Å². The molecule has 0 spiro atoms. The molecule has 0 aliphatic heterocycles. The minimum atomic E-state index is -5.06. The van der Waals surface area contributed by atoms with Crippen molar-refractivity contribution >= 4 is 18.2 Å². The first-order chi connectivity index (χ1) is 6.86. The Hall–Kier alpha value is -1.46. The van der Waals surface area contributed by atoms with Gasteiger partial charge in [-0.2, -0.15) is 0 Å². The molecule has 0 N–H and O–H groups in total. The first-order valence-electron chi connectivity index (χ1n) is 4.25. The number of carbonyl (C=O) groups is 1. The third-order valence-corrected chi connectivity index (χ3v) is 1.98. The van der Waals surface area contributed by atoms with Gasteiger partial charge in [0.1, 0.15) is 5.75 Å². The van der Waals surface area contributed by atoms with Crippen LogP contribution in [0, 0.1) is 0 Å². The van der Waals surface area contributed by atoms with Crippen LogP contribution in [0.25, 0.3) is 0 Å². The summed E-state index contributed by atoms with van der Waals surface area (Å²) in [6.45, 7) is -3.78. The summed E-state index contributed by atoms with van der Waals surface area (Å²) in [7, 11) is 1.23. The number of ketones is 1. The number of hydrogen-bond donors (Lipinski definition) is 0. The van der Waals surface area contributed by atoms with E-state index >= 15 is 0 Å².